The number of carbonyl (C=O) groups is 2. The smallest absolute Gasteiger partial charge is 0.274 e. The molecule has 0 atom stereocenters. The zero-order valence-corrected chi connectivity index (χ0v) is 11.3. The van der Waals surface area contributed by atoms with Gasteiger partial charge in [0.25, 0.3) is 5.91 Å². The zero-order chi connectivity index (χ0) is 15.0. The third-order valence-corrected chi connectivity index (χ3v) is 3.28. The van der Waals surface area contributed by atoms with Crippen LogP contribution in [0.3, 0.4) is 0 Å². The number of para-hydroxylation sites is 2. The largest absolute Gasteiger partial charge is 0.343 e. The molecule has 104 valence electrons. The Bertz CT molecular complexity index is 904. The van der Waals surface area contributed by atoms with Crippen molar-refractivity contribution in [1.82, 2.24) is 9.13 Å². The fourth-order valence-corrected chi connectivity index (χ4v) is 2.36. The van der Waals surface area contributed by atoms with Gasteiger partial charge in [-0.05, 0) is 24.3 Å². The van der Waals surface area contributed by atoms with E-state index in [0.29, 0.717) is 16.6 Å². The molecular weight excluding hydrogens is 268 g/mol. The summed E-state index contributed by atoms with van der Waals surface area (Å²) < 4.78 is 2.04. The van der Waals surface area contributed by atoms with Gasteiger partial charge in [0, 0.05) is 12.5 Å². The lowest BCUT2D eigenvalue weighted by molar-refractivity contribution is 0.0932. The number of fused-ring (bicyclic) bond motifs is 1. The van der Waals surface area contributed by atoms with Crippen LogP contribution in [0.25, 0.3) is 11.0 Å². The van der Waals surface area contributed by atoms with E-state index in [-0.39, 0.29) is 0 Å². The highest BCUT2D eigenvalue weighted by Crippen LogP contribution is 2.14. The molecule has 3 rings (SSSR count). The van der Waals surface area contributed by atoms with Gasteiger partial charge in [0.1, 0.15) is 0 Å². The first-order valence-corrected chi connectivity index (χ1v) is 6.44. The summed E-state index contributed by atoms with van der Waals surface area (Å²) in [5.41, 5.74) is 0.606. The van der Waals surface area contributed by atoms with Crippen LogP contribution < -0.4 is 5.69 Å². The van der Waals surface area contributed by atoms with E-state index in [2.05, 4.69) is 0 Å². The minimum Gasteiger partial charge on any atom is -0.274 e. The molecule has 0 aliphatic heterocycles. The van der Waals surface area contributed by atoms with Gasteiger partial charge in [-0.25, -0.2) is 13.9 Å². The van der Waals surface area contributed by atoms with E-state index in [9.17, 15) is 14.4 Å². The van der Waals surface area contributed by atoms with Gasteiger partial charge in [0.2, 0.25) is 5.91 Å². The van der Waals surface area contributed by atoms with Gasteiger partial charge in [-0.15, -0.1) is 0 Å². The number of aromatic nitrogens is 2. The number of rotatable bonds is 1. The minimum absolute atomic E-state index is 0.394. The SMILES string of the molecule is CC(=O)n1c(=O)n(C(=O)c2ccccc2)c2ccccc21. The molecule has 2 aromatic carbocycles. The Kier molecular flexibility index (Phi) is 3.02. The Hall–Kier alpha value is -2.95. The number of carbonyl (C=O) groups excluding carboxylic acids is 2. The van der Waals surface area contributed by atoms with Gasteiger partial charge < -0.3 is 0 Å². The maximum Gasteiger partial charge on any atom is 0.343 e. The Labute approximate surface area is 120 Å². The maximum absolute atomic E-state index is 12.6. The van der Waals surface area contributed by atoms with Crippen LogP contribution in [0.1, 0.15) is 22.1 Å². The monoisotopic (exact) mass is 280 g/mol. The second-order valence-corrected chi connectivity index (χ2v) is 4.63. The van der Waals surface area contributed by atoms with Gasteiger partial charge in [-0.1, -0.05) is 30.3 Å². The summed E-state index contributed by atoms with van der Waals surface area (Å²) in [6.45, 7) is 1.30. The second kappa shape index (κ2) is 4.86. The van der Waals surface area contributed by atoms with Gasteiger partial charge >= 0.3 is 5.69 Å². The van der Waals surface area contributed by atoms with Crippen LogP contribution in [0.2, 0.25) is 0 Å². The van der Waals surface area contributed by atoms with Gasteiger partial charge in [-0.2, -0.15) is 0 Å². The van der Waals surface area contributed by atoms with Crippen LogP contribution in [0, 0.1) is 0 Å². The highest BCUT2D eigenvalue weighted by Gasteiger charge is 2.20. The molecule has 3 aromatic rings. The molecule has 5 nitrogen and oxygen atoms in total. The normalized spacial score (nSPS) is 10.7. The summed E-state index contributed by atoms with van der Waals surface area (Å²) in [7, 11) is 0. The summed E-state index contributed by atoms with van der Waals surface area (Å²) in [6.07, 6.45) is 0. The molecule has 1 heterocycles. The Morgan fingerprint density at radius 2 is 1.33 bits per heavy atom. The maximum atomic E-state index is 12.6. The third-order valence-electron chi connectivity index (χ3n) is 3.28. The molecule has 0 aliphatic carbocycles. The first-order valence-electron chi connectivity index (χ1n) is 6.44. The highest BCUT2D eigenvalue weighted by molar-refractivity contribution is 6.02. The molecule has 0 fully saturated rings. The molecule has 1 aromatic heterocycles. The fourth-order valence-electron chi connectivity index (χ4n) is 2.36. The average Bonchev–Trinajstić information content (AvgIpc) is 2.79. The summed E-state index contributed by atoms with van der Waals surface area (Å²) >= 11 is 0. The predicted molar refractivity (Wildman–Crippen MR) is 78.7 cm³/mol. The minimum atomic E-state index is -0.641. The molecule has 5 heteroatoms. The van der Waals surface area contributed by atoms with E-state index in [1.54, 1.807) is 54.6 Å². The standard InChI is InChI=1S/C16H12N2O3/c1-11(19)17-13-9-5-6-10-14(13)18(16(17)21)15(20)12-7-3-2-4-8-12/h2-10H,1H3. The van der Waals surface area contributed by atoms with Gasteiger partial charge in [-0.3, -0.25) is 9.59 Å². The molecule has 0 amide bonds. The molecule has 0 saturated carbocycles. The van der Waals surface area contributed by atoms with Gasteiger partial charge in [0.15, 0.2) is 0 Å². The summed E-state index contributed by atoms with van der Waals surface area (Å²) in [6, 6.07) is 15.2. The Morgan fingerprint density at radius 1 is 0.810 bits per heavy atom. The topological polar surface area (TPSA) is 61.1 Å². The predicted octanol–water partition coefficient (Wildman–Crippen LogP) is 2.15. The molecule has 0 aliphatic rings. The lowest BCUT2D eigenvalue weighted by atomic mass is 10.2. The summed E-state index contributed by atoms with van der Waals surface area (Å²) in [4.78, 5) is 36.7. The van der Waals surface area contributed by atoms with Crippen molar-refractivity contribution < 1.29 is 9.59 Å². The Balaban J connectivity index is 2.34. The second-order valence-electron chi connectivity index (χ2n) is 4.63. The van der Waals surface area contributed by atoms with Crippen molar-refractivity contribution in [3.05, 3.63) is 70.6 Å². The molecule has 0 radical (unpaired) electrons. The van der Waals surface area contributed by atoms with Crippen LogP contribution in [-0.2, 0) is 0 Å². The number of imidazole rings is 1. The molecule has 0 N–H and O–H groups in total. The van der Waals surface area contributed by atoms with Gasteiger partial charge in [0.05, 0.1) is 11.0 Å². The van der Waals surface area contributed by atoms with Crippen LogP contribution in [0.4, 0.5) is 0 Å². The van der Waals surface area contributed by atoms with Crippen LogP contribution in [0.5, 0.6) is 0 Å². The number of benzene rings is 2. The van der Waals surface area contributed by atoms with Crippen molar-refractivity contribution in [2.45, 2.75) is 6.92 Å². The highest BCUT2D eigenvalue weighted by atomic mass is 16.2. The van der Waals surface area contributed by atoms with Crippen molar-refractivity contribution >= 4 is 22.8 Å². The molecular formula is C16H12N2O3. The van der Waals surface area contributed by atoms with E-state index in [1.165, 1.54) is 6.92 Å². The molecule has 0 saturated heterocycles. The van der Waals surface area contributed by atoms with Crippen molar-refractivity contribution in [2.24, 2.45) is 0 Å². The van der Waals surface area contributed by atoms with Crippen LogP contribution >= 0.6 is 0 Å². The third kappa shape index (κ3) is 1.99. The molecule has 0 spiro atoms. The average molecular weight is 280 g/mol. The first kappa shape index (κ1) is 13.1. The molecule has 0 bridgehead atoms. The van der Waals surface area contributed by atoms with E-state index in [0.717, 1.165) is 9.13 Å². The van der Waals surface area contributed by atoms with Crippen LogP contribution in [-0.4, -0.2) is 20.9 Å². The lowest BCUT2D eigenvalue weighted by Gasteiger charge is -2.01. The van der Waals surface area contributed by atoms with Crippen molar-refractivity contribution in [2.75, 3.05) is 0 Å². The van der Waals surface area contributed by atoms with Crippen molar-refractivity contribution in [3.8, 4) is 0 Å². The van der Waals surface area contributed by atoms with E-state index in [4.69, 9.17) is 0 Å². The molecule has 0 unspecified atom stereocenters. The summed E-state index contributed by atoms with van der Waals surface area (Å²) in [5.74, 6) is -0.868. The lowest BCUT2D eigenvalue weighted by Crippen LogP contribution is -2.31. The van der Waals surface area contributed by atoms with E-state index < -0.39 is 17.5 Å². The number of hydrogen-bond donors (Lipinski definition) is 0. The first-order chi connectivity index (χ1) is 10.1. The fraction of sp³-hybridized carbons (Fsp3) is 0.0625. The van der Waals surface area contributed by atoms with Crippen LogP contribution in [0.15, 0.2) is 59.4 Å². The quantitative estimate of drug-likeness (QED) is 0.686. The van der Waals surface area contributed by atoms with E-state index in [1.807, 2.05) is 0 Å². The van der Waals surface area contributed by atoms with Crippen molar-refractivity contribution in [1.29, 1.82) is 0 Å². The van der Waals surface area contributed by atoms with E-state index >= 15 is 0 Å². The number of hydrogen-bond acceptors (Lipinski definition) is 3. The molecule has 21 heavy (non-hydrogen) atoms. The van der Waals surface area contributed by atoms with Crippen molar-refractivity contribution in [3.63, 3.8) is 0 Å². The Morgan fingerprint density at radius 3 is 1.90 bits per heavy atom. The number of nitrogens with zero attached hydrogens (tertiary/aromatic N) is 2. The summed E-state index contributed by atoms with van der Waals surface area (Å²) in [5, 5.41) is 0. The zero-order valence-electron chi connectivity index (χ0n) is 11.3.